The summed E-state index contributed by atoms with van der Waals surface area (Å²) in [6, 6.07) is 6.87. The molecule has 14 heavy (non-hydrogen) atoms. The molecular formula is C11H18ClNO. The van der Waals surface area contributed by atoms with Gasteiger partial charge in [0.15, 0.2) is 0 Å². The summed E-state index contributed by atoms with van der Waals surface area (Å²) in [5.41, 5.74) is 1.82. The van der Waals surface area contributed by atoms with Crippen LogP contribution in [0, 0.1) is 6.92 Å². The number of halogens is 1. The SMILES string of the molecule is Cl.[2H][13C]([2H])([2H])NC(C)C(O)c1ccc(C)cc1. The van der Waals surface area contributed by atoms with Gasteiger partial charge in [-0.15, -0.1) is 12.4 Å². The predicted octanol–water partition coefficient (Wildman–Crippen LogP) is 2.06. The molecule has 0 aliphatic carbocycles. The number of hydrogen-bond donors (Lipinski definition) is 2. The van der Waals surface area contributed by atoms with E-state index in [-0.39, 0.29) is 12.4 Å². The molecule has 2 unspecified atom stereocenters. The van der Waals surface area contributed by atoms with E-state index in [1.165, 1.54) is 0 Å². The van der Waals surface area contributed by atoms with Gasteiger partial charge in [-0.05, 0) is 26.4 Å². The molecule has 0 aromatic heterocycles. The number of rotatable bonds is 3. The topological polar surface area (TPSA) is 32.3 Å². The molecule has 0 aliphatic rings. The van der Waals surface area contributed by atoms with Crippen molar-refractivity contribution in [2.45, 2.75) is 26.0 Å². The zero-order chi connectivity index (χ0) is 12.3. The van der Waals surface area contributed by atoms with Crippen LogP contribution in [0.15, 0.2) is 24.3 Å². The average molecular weight is 220 g/mol. The number of benzene rings is 1. The third-order valence-corrected chi connectivity index (χ3v) is 2.12. The fraction of sp³-hybridized carbons (Fsp3) is 0.455. The maximum absolute atomic E-state index is 9.93. The monoisotopic (exact) mass is 219 g/mol. The predicted molar refractivity (Wildman–Crippen MR) is 61.9 cm³/mol. The van der Waals surface area contributed by atoms with Gasteiger partial charge in [0.25, 0.3) is 0 Å². The van der Waals surface area contributed by atoms with Crippen LogP contribution in [-0.4, -0.2) is 18.1 Å². The van der Waals surface area contributed by atoms with Crippen LogP contribution in [0.5, 0.6) is 0 Å². The number of hydrogen-bond acceptors (Lipinski definition) is 2. The Bertz CT molecular complexity index is 340. The third kappa shape index (κ3) is 3.29. The summed E-state index contributed by atoms with van der Waals surface area (Å²) >= 11 is 0. The molecule has 1 aromatic carbocycles. The summed E-state index contributed by atoms with van der Waals surface area (Å²) in [5.74, 6) is 0. The van der Waals surface area contributed by atoms with Crippen LogP contribution in [0.4, 0.5) is 0 Å². The van der Waals surface area contributed by atoms with Gasteiger partial charge in [0.2, 0.25) is 0 Å². The fourth-order valence-electron chi connectivity index (χ4n) is 1.13. The quantitative estimate of drug-likeness (QED) is 0.763. The third-order valence-electron chi connectivity index (χ3n) is 2.12. The van der Waals surface area contributed by atoms with Gasteiger partial charge < -0.3 is 10.4 Å². The summed E-state index contributed by atoms with van der Waals surface area (Å²) in [7, 11) is 0. The number of likely N-dealkylation sites (N-methyl/N-ethyl adjacent to an activating group) is 1. The van der Waals surface area contributed by atoms with E-state index in [9.17, 15) is 5.11 Å². The maximum atomic E-state index is 9.93. The molecule has 0 fully saturated rings. The van der Waals surface area contributed by atoms with Crippen LogP contribution >= 0.6 is 12.4 Å². The standard InChI is InChI=1S/C11H17NO.ClH/c1-8-4-6-10(7-5-8)11(13)9(2)12-3;/h4-7,9,11-13H,1-3H3;1H/i3+1D3;. The van der Waals surface area contributed by atoms with Gasteiger partial charge in [-0.25, -0.2) is 0 Å². The van der Waals surface area contributed by atoms with Gasteiger partial charge in [0.05, 0.1) is 6.10 Å². The van der Waals surface area contributed by atoms with E-state index in [0.717, 1.165) is 11.1 Å². The van der Waals surface area contributed by atoms with Crippen LogP contribution in [0.3, 0.4) is 0 Å². The largest absolute Gasteiger partial charge is 0.387 e. The molecule has 0 spiro atoms. The summed E-state index contributed by atoms with van der Waals surface area (Å²) < 4.78 is 21.2. The Hall–Kier alpha value is -0.570. The molecule has 0 aliphatic heterocycles. The second kappa shape index (κ2) is 6.02. The summed E-state index contributed by atoms with van der Waals surface area (Å²) in [5, 5.41) is 12.3. The molecule has 0 heterocycles. The Kier molecular flexibility index (Phi) is 3.74. The van der Waals surface area contributed by atoms with E-state index < -0.39 is 19.1 Å². The van der Waals surface area contributed by atoms with Crippen LogP contribution in [0.1, 0.15) is 28.3 Å². The number of nitrogens with one attached hydrogen (secondary N) is 1. The Morgan fingerprint density at radius 3 is 2.43 bits per heavy atom. The minimum Gasteiger partial charge on any atom is -0.387 e. The zero-order valence-corrected chi connectivity index (χ0v) is 9.14. The van der Waals surface area contributed by atoms with E-state index in [0.29, 0.717) is 0 Å². The van der Waals surface area contributed by atoms with Crippen molar-refractivity contribution in [2.75, 3.05) is 6.98 Å². The number of aryl methyl sites for hydroxylation is 1. The van der Waals surface area contributed by atoms with Crippen molar-refractivity contribution < 1.29 is 9.22 Å². The van der Waals surface area contributed by atoms with Crippen molar-refractivity contribution in [3.63, 3.8) is 0 Å². The van der Waals surface area contributed by atoms with Gasteiger partial charge >= 0.3 is 0 Å². The molecule has 0 amide bonds. The Morgan fingerprint density at radius 1 is 1.36 bits per heavy atom. The molecule has 1 rings (SSSR count). The lowest BCUT2D eigenvalue weighted by atomic mass is 10.0. The fourth-order valence-corrected chi connectivity index (χ4v) is 1.13. The highest BCUT2D eigenvalue weighted by atomic mass is 35.5. The lowest BCUT2D eigenvalue weighted by molar-refractivity contribution is 0.140. The Morgan fingerprint density at radius 2 is 1.93 bits per heavy atom. The molecule has 0 saturated heterocycles. The normalized spacial score (nSPS) is 18.4. The van der Waals surface area contributed by atoms with E-state index in [1.807, 2.05) is 19.1 Å². The number of aliphatic hydroxyl groups is 1. The average Bonchev–Trinajstić information content (AvgIpc) is 2.15. The van der Waals surface area contributed by atoms with Crippen molar-refractivity contribution in [1.29, 1.82) is 0 Å². The molecule has 80 valence electrons. The van der Waals surface area contributed by atoms with E-state index in [2.05, 4.69) is 5.32 Å². The van der Waals surface area contributed by atoms with Gasteiger partial charge in [-0.3, -0.25) is 0 Å². The molecular weight excluding hydrogens is 199 g/mol. The van der Waals surface area contributed by atoms with E-state index in [4.69, 9.17) is 4.11 Å². The van der Waals surface area contributed by atoms with E-state index >= 15 is 0 Å². The van der Waals surface area contributed by atoms with Crippen molar-refractivity contribution in [3.8, 4) is 0 Å². The summed E-state index contributed by atoms with van der Waals surface area (Å²) in [6.45, 7) is 1.38. The maximum Gasteiger partial charge on any atom is 0.0940 e. The molecule has 0 saturated carbocycles. The van der Waals surface area contributed by atoms with Gasteiger partial charge in [0, 0.05) is 10.2 Å². The Labute approximate surface area is 96.0 Å². The molecule has 2 atom stereocenters. The summed E-state index contributed by atoms with van der Waals surface area (Å²) in [4.78, 5) is 0. The molecule has 0 bridgehead atoms. The summed E-state index contributed by atoms with van der Waals surface area (Å²) in [6.07, 6.45) is -0.818. The smallest absolute Gasteiger partial charge is 0.0940 e. The zero-order valence-electron chi connectivity index (χ0n) is 11.3. The van der Waals surface area contributed by atoms with Gasteiger partial charge in [-0.2, -0.15) is 0 Å². The first-order valence-electron chi connectivity index (χ1n) is 5.82. The highest BCUT2D eigenvalue weighted by Gasteiger charge is 2.13. The van der Waals surface area contributed by atoms with Crippen LogP contribution in [0.25, 0.3) is 0 Å². The van der Waals surface area contributed by atoms with Gasteiger partial charge in [0.1, 0.15) is 0 Å². The van der Waals surface area contributed by atoms with Crippen LogP contribution in [0.2, 0.25) is 0 Å². The first kappa shape index (κ1) is 8.72. The highest BCUT2D eigenvalue weighted by Crippen LogP contribution is 2.16. The second-order valence-corrected chi connectivity index (χ2v) is 3.29. The molecule has 3 heteroatoms. The molecule has 2 N–H and O–H groups in total. The molecule has 1 aromatic rings. The van der Waals surface area contributed by atoms with Crippen molar-refractivity contribution in [3.05, 3.63) is 35.4 Å². The molecule has 0 radical (unpaired) electrons. The van der Waals surface area contributed by atoms with E-state index in [1.54, 1.807) is 19.1 Å². The Balaban J connectivity index is 0.00000256. The lowest BCUT2D eigenvalue weighted by Crippen LogP contribution is -2.28. The van der Waals surface area contributed by atoms with Crippen LogP contribution < -0.4 is 5.32 Å². The van der Waals surface area contributed by atoms with Gasteiger partial charge in [-0.1, -0.05) is 29.8 Å². The highest BCUT2D eigenvalue weighted by molar-refractivity contribution is 5.85. The second-order valence-electron chi connectivity index (χ2n) is 3.29. The first-order chi connectivity index (χ1) is 7.29. The van der Waals surface area contributed by atoms with Crippen LogP contribution in [-0.2, 0) is 0 Å². The first-order valence-corrected chi connectivity index (χ1v) is 4.32. The minimum atomic E-state index is -2.23. The lowest BCUT2D eigenvalue weighted by Gasteiger charge is -2.18. The van der Waals surface area contributed by atoms with Crippen molar-refractivity contribution in [2.24, 2.45) is 0 Å². The van der Waals surface area contributed by atoms with Crippen molar-refractivity contribution >= 4 is 12.4 Å². The number of aliphatic hydroxyl groups excluding tert-OH is 1. The van der Waals surface area contributed by atoms with Crippen molar-refractivity contribution in [1.82, 2.24) is 5.32 Å². The minimum absolute atomic E-state index is 0. The molecule has 2 nitrogen and oxygen atoms in total.